The van der Waals surface area contributed by atoms with Crippen molar-refractivity contribution >= 4 is 0 Å². The highest BCUT2D eigenvalue weighted by Crippen LogP contribution is 2.34. The zero-order valence-electron chi connectivity index (χ0n) is 10.3. The van der Waals surface area contributed by atoms with Crippen molar-refractivity contribution in [3.05, 3.63) is 35.4 Å². The van der Waals surface area contributed by atoms with E-state index >= 15 is 0 Å². The first kappa shape index (κ1) is 12.6. The first-order valence-corrected chi connectivity index (χ1v) is 6.19. The number of nitrogens with one attached hydrogen (secondary N) is 1. The third-order valence-corrected chi connectivity index (χ3v) is 3.67. The molecule has 1 aromatic carbocycles. The van der Waals surface area contributed by atoms with Crippen LogP contribution in [0.15, 0.2) is 24.3 Å². The van der Waals surface area contributed by atoms with E-state index in [4.69, 9.17) is 0 Å². The Kier molecular flexibility index (Phi) is 3.82. The molecule has 0 heterocycles. The summed E-state index contributed by atoms with van der Waals surface area (Å²) < 4.78 is 0. The number of aliphatic hydroxyl groups excluding tert-OH is 2. The van der Waals surface area contributed by atoms with Gasteiger partial charge in [0.2, 0.25) is 0 Å². The van der Waals surface area contributed by atoms with Crippen molar-refractivity contribution in [1.82, 2.24) is 5.32 Å². The fourth-order valence-corrected chi connectivity index (χ4v) is 2.25. The summed E-state index contributed by atoms with van der Waals surface area (Å²) in [4.78, 5) is 0. The fourth-order valence-electron chi connectivity index (χ4n) is 2.25. The van der Waals surface area contributed by atoms with Gasteiger partial charge in [0.05, 0.1) is 13.2 Å². The van der Waals surface area contributed by atoms with E-state index in [-0.39, 0.29) is 13.2 Å². The minimum atomic E-state index is -0.413. The molecular formula is C14H21NO2. The average molecular weight is 235 g/mol. The highest BCUT2D eigenvalue weighted by atomic mass is 16.3. The molecule has 0 bridgehead atoms. The summed E-state index contributed by atoms with van der Waals surface area (Å²) >= 11 is 0. The van der Waals surface area contributed by atoms with Gasteiger partial charge < -0.3 is 15.5 Å². The Labute approximate surface area is 102 Å². The van der Waals surface area contributed by atoms with Crippen molar-refractivity contribution in [3.63, 3.8) is 0 Å². The van der Waals surface area contributed by atoms with Crippen molar-refractivity contribution < 1.29 is 10.2 Å². The number of benzene rings is 1. The van der Waals surface area contributed by atoms with E-state index in [2.05, 4.69) is 29.6 Å². The standard InChI is InChI=1S/C14H21NO2/c1-14(9-16,10-17)8-15-7-12-6-11-4-2-3-5-13(11)12/h2-5,12,15-17H,6-10H2,1H3. The lowest BCUT2D eigenvalue weighted by molar-refractivity contribution is 0.0694. The maximum atomic E-state index is 9.18. The van der Waals surface area contributed by atoms with Gasteiger partial charge in [0, 0.05) is 24.4 Å². The number of hydrogen-bond acceptors (Lipinski definition) is 3. The van der Waals surface area contributed by atoms with E-state index in [1.807, 2.05) is 6.92 Å². The van der Waals surface area contributed by atoms with Gasteiger partial charge in [-0.15, -0.1) is 0 Å². The first-order valence-electron chi connectivity index (χ1n) is 6.19. The molecule has 1 unspecified atom stereocenters. The van der Waals surface area contributed by atoms with Crippen LogP contribution in [0.4, 0.5) is 0 Å². The maximum Gasteiger partial charge on any atom is 0.0518 e. The molecule has 94 valence electrons. The second-order valence-electron chi connectivity index (χ2n) is 5.36. The molecule has 0 saturated carbocycles. The molecule has 0 spiro atoms. The van der Waals surface area contributed by atoms with Crippen LogP contribution in [0.1, 0.15) is 24.0 Å². The molecule has 0 aliphatic heterocycles. The second kappa shape index (κ2) is 5.17. The summed E-state index contributed by atoms with van der Waals surface area (Å²) in [6, 6.07) is 8.52. The Morgan fingerprint density at radius 3 is 2.65 bits per heavy atom. The topological polar surface area (TPSA) is 52.5 Å². The molecule has 0 fully saturated rings. The van der Waals surface area contributed by atoms with E-state index in [0.717, 1.165) is 13.0 Å². The van der Waals surface area contributed by atoms with Gasteiger partial charge in [0.15, 0.2) is 0 Å². The van der Waals surface area contributed by atoms with E-state index in [0.29, 0.717) is 12.5 Å². The smallest absolute Gasteiger partial charge is 0.0518 e. The van der Waals surface area contributed by atoms with E-state index in [9.17, 15) is 10.2 Å². The Morgan fingerprint density at radius 1 is 1.29 bits per heavy atom. The van der Waals surface area contributed by atoms with Crippen LogP contribution in [-0.2, 0) is 6.42 Å². The van der Waals surface area contributed by atoms with Crippen LogP contribution >= 0.6 is 0 Å². The summed E-state index contributed by atoms with van der Waals surface area (Å²) in [6.45, 7) is 3.48. The Hall–Kier alpha value is -0.900. The zero-order chi connectivity index (χ0) is 12.3. The van der Waals surface area contributed by atoms with Crippen LogP contribution in [0, 0.1) is 5.41 Å². The lowest BCUT2D eigenvalue weighted by Crippen LogP contribution is -2.40. The summed E-state index contributed by atoms with van der Waals surface area (Å²) in [5, 5.41) is 21.7. The van der Waals surface area contributed by atoms with Crippen LogP contribution in [0.25, 0.3) is 0 Å². The molecule has 1 aliphatic carbocycles. The van der Waals surface area contributed by atoms with Gasteiger partial charge in [-0.3, -0.25) is 0 Å². The lowest BCUT2D eigenvalue weighted by Gasteiger charge is -2.32. The molecule has 2 rings (SSSR count). The minimum Gasteiger partial charge on any atom is -0.396 e. The maximum absolute atomic E-state index is 9.18. The molecular weight excluding hydrogens is 214 g/mol. The molecule has 3 N–H and O–H groups in total. The van der Waals surface area contributed by atoms with Crippen molar-refractivity contribution in [2.75, 3.05) is 26.3 Å². The second-order valence-corrected chi connectivity index (χ2v) is 5.36. The first-order chi connectivity index (χ1) is 8.18. The molecule has 0 amide bonds. The zero-order valence-corrected chi connectivity index (χ0v) is 10.3. The predicted octanol–water partition coefficient (Wildman–Crippen LogP) is 0.907. The van der Waals surface area contributed by atoms with Gasteiger partial charge in [0.1, 0.15) is 0 Å². The molecule has 0 aromatic heterocycles. The summed E-state index contributed by atoms with van der Waals surface area (Å²) in [5.74, 6) is 0.591. The van der Waals surface area contributed by atoms with Gasteiger partial charge in [-0.1, -0.05) is 31.2 Å². The Morgan fingerprint density at radius 2 is 2.00 bits per heavy atom. The van der Waals surface area contributed by atoms with Crippen LogP contribution in [0.2, 0.25) is 0 Å². The van der Waals surface area contributed by atoms with Gasteiger partial charge in [-0.05, 0) is 17.5 Å². The number of hydrogen-bond donors (Lipinski definition) is 3. The number of rotatable bonds is 6. The van der Waals surface area contributed by atoms with Crippen molar-refractivity contribution in [1.29, 1.82) is 0 Å². The van der Waals surface area contributed by atoms with E-state index < -0.39 is 5.41 Å². The normalized spacial score (nSPS) is 18.6. The van der Waals surface area contributed by atoms with Crippen LogP contribution in [-0.4, -0.2) is 36.5 Å². The molecule has 1 aliphatic rings. The van der Waals surface area contributed by atoms with Gasteiger partial charge >= 0.3 is 0 Å². The quantitative estimate of drug-likeness (QED) is 0.687. The molecule has 1 aromatic rings. The Balaban J connectivity index is 1.78. The van der Waals surface area contributed by atoms with Crippen LogP contribution < -0.4 is 5.32 Å². The van der Waals surface area contributed by atoms with E-state index in [1.165, 1.54) is 11.1 Å². The highest BCUT2D eigenvalue weighted by Gasteiger charge is 2.27. The van der Waals surface area contributed by atoms with Crippen molar-refractivity contribution in [3.8, 4) is 0 Å². The monoisotopic (exact) mass is 235 g/mol. The average Bonchev–Trinajstić information content (AvgIpc) is 2.34. The van der Waals surface area contributed by atoms with Gasteiger partial charge in [-0.25, -0.2) is 0 Å². The molecule has 1 atom stereocenters. The fraction of sp³-hybridized carbons (Fsp3) is 0.571. The van der Waals surface area contributed by atoms with Gasteiger partial charge in [0.25, 0.3) is 0 Å². The molecule has 0 saturated heterocycles. The molecule has 3 nitrogen and oxygen atoms in total. The largest absolute Gasteiger partial charge is 0.396 e. The molecule has 17 heavy (non-hydrogen) atoms. The van der Waals surface area contributed by atoms with Crippen LogP contribution in [0.3, 0.4) is 0 Å². The summed E-state index contributed by atoms with van der Waals surface area (Å²) in [5.41, 5.74) is 2.48. The van der Waals surface area contributed by atoms with Crippen molar-refractivity contribution in [2.45, 2.75) is 19.3 Å². The van der Waals surface area contributed by atoms with E-state index in [1.54, 1.807) is 0 Å². The third-order valence-electron chi connectivity index (χ3n) is 3.67. The third kappa shape index (κ3) is 2.68. The number of fused-ring (bicyclic) bond motifs is 1. The highest BCUT2D eigenvalue weighted by molar-refractivity contribution is 5.40. The molecule has 0 radical (unpaired) electrons. The summed E-state index contributed by atoms with van der Waals surface area (Å²) in [7, 11) is 0. The minimum absolute atomic E-state index is 0.0117. The predicted molar refractivity (Wildman–Crippen MR) is 68.0 cm³/mol. The number of aliphatic hydroxyl groups is 2. The summed E-state index contributed by atoms with van der Waals surface area (Å²) in [6.07, 6.45) is 1.14. The van der Waals surface area contributed by atoms with Gasteiger partial charge in [-0.2, -0.15) is 0 Å². The van der Waals surface area contributed by atoms with Crippen molar-refractivity contribution in [2.24, 2.45) is 5.41 Å². The van der Waals surface area contributed by atoms with Crippen LogP contribution in [0.5, 0.6) is 0 Å². The Bertz CT molecular complexity index is 374. The SMILES string of the molecule is CC(CO)(CO)CNCC1Cc2ccccc21. The molecule has 3 heteroatoms. The lowest BCUT2D eigenvalue weighted by atomic mass is 9.77.